The van der Waals surface area contributed by atoms with Crippen LogP contribution in [-0.2, 0) is 0 Å². The average molecular weight is 355 g/mol. The van der Waals surface area contributed by atoms with Crippen molar-refractivity contribution in [1.82, 2.24) is 15.3 Å². The van der Waals surface area contributed by atoms with Gasteiger partial charge in [0, 0.05) is 36.1 Å². The highest BCUT2D eigenvalue weighted by Crippen LogP contribution is 2.44. The van der Waals surface area contributed by atoms with Crippen molar-refractivity contribution >= 4 is 17.5 Å². The molecule has 0 spiro atoms. The van der Waals surface area contributed by atoms with Crippen LogP contribution in [0.4, 0.5) is 17.5 Å². The Balaban J connectivity index is 1.66. The van der Waals surface area contributed by atoms with Crippen molar-refractivity contribution in [3.05, 3.63) is 29.5 Å². The number of aromatic nitrogens is 2. The maximum absolute atomic E-state index is 5.77. The maximum atomic E-state index is 5.77. The molecule has 7 heteroatoms. The number of ether oxygens (including phenoxy) is 2. The monoisotopic (exact) mass is 355 g/mol. The molecule has 1 atom stereocenters. The Kier molecular flexibility index (Phi) is 4.79. The van der Waals surface area contributed by atoms with E-state index >= 15 is 0 Å². The topological polar surface area (TPSA) is 80.3 Å². The molecule has 0 saturated carbocycles. The number of fused-ring (bicyclic) bond motifs is 1. The lowest BCUT2D eigenvalue weighted by molar-refractivity contribution is 0.173. The quantitative estimate of drug-likeness (QED) is 0.777. The fourth-order valence-corrected chi connectivity index (χ4v) is 3.62. The molecule has 1 unspecified atom stereocenters. The van der Waals surface area contributed by atoms with Crippen LogP contribution in [0.25, 0.3) is 0 Å². The Bertz CT molecular complexity index is 788. The normalized spacial score (nSPS) is 19.1. The van der Waals surface area contributed by atoms with Gasteiger partial charge in [-0.1, -0.05) is 0 Å². The number of hydrogen-bond donors (Lipinski definition) is 3. The molecule has 3 N–H and O–H groups in total. The van der Waals surface area contributed by atoms with Crippen molar-refractivity contribution in [2.75, 3.05) is 37.6 Å². The Morgan fingerprint density at radius 3 is 2.92 bits per heavy atom. The van der Waals surface area contributed by atoms with E-state index in [1.54, 1.807) is 0 Å². The van der Waals surface area contributed by atoms with E-state index in [1.165, 1.54) is 12.0 Å². The molecule has 1 saturated heterocycles. The van der Waals surface area contributed by atoms with E-state index in [1.807, 2.05) is 26.1 Å². The standard InChI is InChI=1S/C19H25N5O2/c1-12-8-17(20-2)24-19(22-12)23-14-9-15(13-4-3-6-21-7-5-13)18-16(10-14)25-11-26-18/h8-10,13,21H,3-7,11H2,1-2H3,(H2,20,22,23,24). The van der Waals surface area contributed by atoms with Crippen LogP contribution in [0.5, 0.6) is 11.5 Å². The molecule has 0 amide bonds. The average Bonchev–Trinajstić information content (AvgIpc) is 2.93. The molecule has 0 bridgehead atoms. The Morgan fingerprint density at radius 2 is 2.04 bits per heavy atom. The number of benzene rings is 1. The van der Waals surface area contributed by atoms with Gasteiger partial charge in [0.15, 0.2) is 11.5 Å². The van der Waals surface area contributed by atoms with E-state index < -0.39 is 0 Å². The summed E-state index contributed by atoms with van der Waals surface area (Å²) in [6.07, 6.45) is 3.42. The van der Waals surface area contributed by atoms with Crippen LogP contribution in [-0.4, -0.2) is 36.9 Å². The number of nitrogens with one attached hydrogen (secondary N) is 3. The second kappa shape index (κ2) is 7.37. The first-order valence-corrected chi connectivity index (χ1v) is 9.17. The van der Waals surface area contributed by atoms with E-state index in [2.05, 4.69) is 32.0 Å². The minimum Gasteiger partial charge on any atom is -0.454 e. The molecule has 0 radical (unpaired) electrons. The summed E-state index contributed by atoms with van der Waals surface area (Å²) in [4.78, 5) is 8.97. The summed E-state index contributed by atoms with van der Waals surface area (Å²) in [5, 5.41) is 9.87. The van der Waals surface area contributed by atoms with E-state index in [9.17, 15) is 0 Å². The van der Waals surface area contributed by atoms with Crippen LogP contribution in [0.15, 0.2) is 18.2 Å². The third-order valence-electron chi connectivity index (χ3n) is 4.88. The summed E-state index contributed by atoms with van der Waals surface area (Å²) >= 11 is 0. The van der Waals surface area contributed by atoms with Gasteiger partial charge in [-0.05, 0) is 51.3 Å². The number of rotatable bonds is 4. The second-order valence-corrected chi connectivity index (χ2v) is 6.77. The van der Waals surface area contributed by atoms with Crippen LogP contribution in [0.1, 0.15) is 36.4 Å². The SMILES string of the molecule is CNc1cc(C)nc(Nc2cc3c(c(C4CCCNCC4)c2)OCO3)n1. The Labute approximate surface area is 153 Å². The molecule has 7 nitrogen and oxygen atoms in total. The molecule has 0 aliphatic carbocycles. The van der Waals surface area contributed by atoms with Gasteiger partial charge in [-0.2, -0.15) is 4.98 Å². The first-order valence-electron chi connectivity index (χ1n) is 9.17. The van der Waals surface area contributed by atoms with Crippen LogP contribution < -0.4 is 25.4 Å². The van der Waals surface area contributed by atoms with Gasteiger partial charge in [0.05, 0.1) is 0 Å². The summed E-state index contributed by atoms with van der Waals surface area (Å²) in [6, 6.07) is 6.04. The van der Waals surface area contributed by atoms with Gasteiger partial charge in [-0.15, -0.1) is 0 Å². The molecule has 1 fully saturated rings. The molecule has 2 aliphatic heterocycles. The number of aryl methyl sites for hydroxylation is 1. The largest absolute Gasteiger partial charge is 0.454 e. The predicted octanol–water partition coefficient (Wildman–Crippen LogP) is 3.16. The van der Waals surface area contributed by atoms with Gasteiger partial charge < -0.3 is 25.4 Å². The maximum Gasteiger partial charge on any atom is 0.231 e. The fourth-order valence-electron chi connectivity index (χ4n) is 3.62. The minimum atomic E-state index is 0.279. The lowest BCUT2D eigenvalue weighted by Gasteiger charge is -2.18. The van der Waals surface area contributed by atoms with Crippen molar-refractivity contribution in [2.24, 2.45) is 0 Å². The molecule has 26 heavy (non-hydrogen) atoms. The lowest BCUT2D eigenvalue weighted by Crippen LogP contribution is -2.14. The highest BCUT2D eigenvalue weighted by Gasteiger charge is 2.25. The zero-order valence-corrected chi connectivity index (χ0v) is 15.3. The van der Waals surface area contributed by atoms with E-state index in [-0.39, 0.29) is 6.79 Å². The Morgan fingerprint density at radius 1 is 1.12 bits per heavy atom. The van der Waals surface area contributed by atoms with E-state index in [0.717, 1.165) is 54.6 Å². The number of nitrogens with zero attached hydrogens (tertiary/aromatic N) is 2. The zero-order valence-electron chi connectivity index (χ0n) is 15.3. The molecule has 1 aromatic carbocycles. The van der Waals surface area contributed by atoms with Gasteiger partial charge in [0.1, 0.15) is 5.82 Å². The molecule has 3 heterocycles. The molecule has 138 valence electrons. The number of anilines is 3. The lowest BCUT2D eigenvalue weighted by atomic mass is 9.90. The second-order valence-electron chi connectivity index (χ2n) is 6.77. The summed E-state index contributed by atoms with van der Waals surface area (Å²) < 4.78 is 11.4. The molecule has 2 aliphatic rings. The van der Waals surface area contributed by atoms with E-state index in [0.29, 0.717) is 11.9 Å². The van der Waals surface area contributed by atoms with Gasteiger partial charge in [0.2, 0.25) is 12.7 Å². The van der Waals surface area contributed by atoms with Crippen molar-refractivity contribution in [2.45, 2.75) is 32.1 Å². The van der Waals surface area contributed by atoms with Gasteiger partial charge >= 0.3 is 0 Å². The van der Waals surface area contributed by atoms with Crippen LogP contribution in [0.2, 0.25) is 0 Å². The highest BCUT2D eigenvalue weighted by molar-refractivity contribution is 5.65. The van der Waals surface area contributed by atoms with Crippen molar-refractivity contribution in [1.29, 1.82) is 0 Å². The summed E-state index contributed by atoms with van der Waals surface area (Å²) in [5.74, 6) is 3.51. The molecular weight excluding hydrogens is 330 g/mol. The van der Waals surface area contributed by atoms with Crippen LogP contribution in [0.3, 0.4) is 0 Å². The first kappa shape index (κ1) is 16.9. The van der Waals surface area contributed by atoms with Crippen LogP contribution >= 0.6 is 0 Å². The van der Waals surface area contributed by atoms with Crippen molar-refractivity contribution in [3.8, 4) is 11.5 Å². The molecule has 2 aromatic rings. The van der Waals surface area contributed by atoms with Gasteiger partial charge in [0.25, 0.3) is 0 Å². The molecule has 4 rings (SSSR count). The zero-order chi connectivity index (χ0) is 17.9. The van der Waals surface area contributed by atoms with Gasteiger partial charge in [-0.3, -0.25) is 0 Å². The Hall–Kier alpha value is -2.54. The van der Waals surface area contributed by atoms with Crippen molar-refractivity contribution in [3.63, 3.8) is 0 Å². The smallest absolute Gasteiger partial charge is 0.231 e. The first-order chi connectivity index (χ1) is 12.7. The molecular formula is C19H25N5O2. The minimum absolute atomic E-state index is 0.279. The summed E-state index contributed by atoms with van der Waals surface area (Å²) in [7, 11) is 1.85. The van der Waals surface area contributed by atoms with E-state index in [4.69, 9.17) is 9.47 Å². The third kappa shape index (κ3) is 3.53. The number of hydrogen-bond acceptors (Lipinski definition) is 7. The molecule has 1 aromatic heterocycles. The fraction of sp³-hybridized carbons (Fsp3) is 0.474. The predicted molar refractivity (Wildman–Crippen MR) is 102 cm³/mol. The summed E-state index contributed by atoms with van der Waals surface area (Å²) in [5.41, 5.74) is 3.05. The summed E-state index contributed by atoms with van der Waals surface area (Å²) in [6.45, 7) is 4.35. The third-order valence-corrected chi connectivity index (χ3v) is 4.88. The highest BCUT2D eigenvalue weighted by atomic mass is 16.7. The van der Waals surface area contributed by atoms with Gasteiger partial charge in [-0.25, -0.2) is 4.98 Å². The van der Waals surface area contributed by atoms with Crippen LogP contribution in [0, 0.1) is 6.92 Å². The van der Waals surface area contributed by atoms with Crippen molar-refractivity contribution < 1.29 is 9.47 Å².